The SMILES string of the molecule is O=C(Cc1nc2c(s1)CNCC2)N1CCC(N2CCc3ccc(F)cc32)CC1. The van der Waals surface area contributed by atoms with E-state index < -0.39 is 0 Å². The van der Waals surface area contributed by atoms with Crippen molar-refractivity contribution in [2.24, 2.45) is 0 Å². The minimum absolute atomic E-state index is 0.167. The van der Waals surface area contributed by atoms with Gasteiger partial charge in [0.1, 0.15) is 10.8 Å². The number of fused-ring (bicyclic) bond motifs is 2. The maximum Gasteiger partial charge on any atom is 0.229 e. The molecule has 1 saturated heterocycles. The fourth-order valence-corrected chi connectivity index (χ4v) is 5.75. The van der Waals surface area contributed by atoms with Crippen LogP contribution in [-0.4, -0.2) is 48.0 Å². The van der Waals surface area contributed by atoms with Gasteiger partial charge in [0.25, 0.3) is 0 Å². The van der Waals surface area contributed by atoms with Gasteiger partial charge in [-0.25, -0.2) is 9.37 Å². The van der Waals surface area contributed by atoms with Crippen LogP contribution in [-0.2, 0) is 30.6 Å². The van der Waals surface area contributed by atoms with E-state index in [-0.39, 0.29) is 11.7 Å². The van der Waals surface area contributed by atoms with E-state index in [1.54, 1.807) is 23.5 Å². The Labute approximate surface area is 168 Å². The maximum atomic E-state index is 13.7. The molecule has 0 spiro atoms. The summed E-state index contributed by atoms with van der Waals surface area (Å²) < 4.78 is 13.7. The van der Waals surface area contributed by atoms with Crippen molar-refractivity contribution in [2.75, 3.05) is 31.1 Å². The van der Waals surface area contributed by atoms with Crippen LogP contribution in [0.1, 0.15) is 34.0 Å². The number of carbonyl (C=O) groups excluding carboxylic acids is 1. The van der Waals surface area contributed by atoms with Crippen LogP contribution in [0.5, 0.6) is 0 Å². The molecule has 0 saturated carbocycles. The first-order valence-electron chi connectivity index (χ1n) is 10.2. The molecular formula is C21H25FN4OS. The molecule has 0 bridgehead atoms. The summed E-state index contributed by atoms with van der Waals surface area (Å²) in [7, 11) is 0. The Balaban J connectivity index is 1.19. The minimum Gasteiger partial charge on any atom is -0.368 e. The van der Waals surface area contributed by atoms with Crippen molar-refractivity contribution >= 4 is 22.9 Å². The van der Waals surface area contributed by atoms with Gasteiger partial charge in [0.15, 0.2) is 0 Å². The van der Waals surface area contributed by atoms with Gasteiger partial charge in [-0.05, 0) is 37.0 Å². The van der Waals surface area contributed by atoms with E-state index in [1.807, 2.05) is 11.0 Å². The lowest BCUT2D eigenvalue weighted by atomic mass is 10.0. The summed E-state index contributed by atoms with van der Waals surface area (Å²) in [5.74, 6) is 0.0185. The van der Waals surface area contributed by atoms with Crippen molar-refractivity contribution in [1.29, 1.82) is 0 Å². The molecule has 7 heteroatoms. The van der Waals surface area contributed by atoms with Gasteiger partial charge >= 0.3 is 0 Å². The molecule has 148 valence electrons. The number of hydrogen-bond donors (Lipinski definition) is 1. The number of benzene rings is 1. The third-order valence-corrected chi connectivity index (χ3v) is 7.28. The number of rotatable bonds is 3. The van der Waals surface area contributed by atoms with E-state index in [2.05, 4.69) is 15.2 Å². The third kappa shape index (κ3) is 3.42. The number of carbonyl (C=O) groups is 1. The second kappa shape index (κ2) is 7.44. The largest absolute Gasteiger partial charge is 0.368 e. The molecule has 0 atom stereocenters. The molecule has 0 radical (unpaired) electrons. The lowest BCUT2D eigenvalue weighted by Gasteiger charge is -2.38. The molecule has 28 heavy (non-hydrogen) atoms. The van der Waals surface area contributed by atoms with E-state index in [1.165, 1.54) is 16.1 Å². The van der Waals surface area contributed by atoms with Crippen molar-refractivity contribution in [3.8, 4) is 0 Å². The second-order valence-electron chi connectivity index (χ2n) is 7.91. The zero-order chi connectivity index (χ0) is 19.1. The number of nitrogens with zero attached hydrogens (tertiary/aromatic N) is 3. The predicted molar refractivity (Wildman–Crippen MR) is 108 cm³/mol. The van der Waals surface area contributed by atoms with Gasteiger partial charge in [-0.3, -0.25) is 4.79 Å². The van der Waals surface area contributed by atoms with E-state index in [0.717, 1.165) is 69.1 Å². The normalized spacial score (nSPS) is 19.6. The summed E-state index contributed by atoms with van der Waals surface area (Å²) in [6.45, 7) is 4.36. The maximum absolute atomic E-state index is 13.7. The van der Waals surface area contributed by atoms with E-state index in [9.17, 15) is 9.18 Å². The van der Waals surface area contributed by atoms with Crippen LogP contribution in [0.3, 0.4) is 0 Å². The van der Waals surface area contributed by atoms with Crippen LogP contribution in [0.2, 0.25) is 0 Å². The summed E-state index contributed by atoms with van der Waals surface area (Å²) in [6, 6.07) is 5.52. The zero-order valence-corrected chi connectivity index (χ0v) is 16.7. The van der Waals surface area contributed by atoms with E-state index >= 15 is 0 Å². The molecule has 1 N–H and O–H groups in total. The molecule has 1 aromatic heterocycles. The summed E-state index contributed by atoms with van der Waals surface area (Å²) >= 11 is 1.68. The predicted octanol–water partition coefficient (Wildman–Crippen LogP) is 2.52. The third-order valence-electron chi connectivity index (χ3n) is 6.19. The molecule has 3 aliphatic heterocycles. The van der Waals surface area contributed by atoms with Crippen molar-refractivity contribution < 1.29 is 9.18 Å². The van der Waals surface area contributed by atoms with Crippen LogP contribution in [0.25, 0.3) is 0 Å². The number of piperidine rings is 1. The number of halogens is 1. The highest BCUT2D eigenvalue weighted by molar-refractivity contribution is 7.11. The fraction of sp³-hybridized carbons (Fsp3) is 0.524. The first kappa shape index (κ1) is 18.1. The number of amides is 1. The Kier molecular flexibility index (Phi) is 4.80. The molecule has 5 rings (SSSR count). The first-order valence-corrected chi connectivity index (χ1v) is 11.0. The highest BCUT2D eigenvalue weighted by Gasteiger charge is 2.31. The molecule has 2 aromatic rings. The van der Waals surface area contributed by atoms with E-state index in [4.69, 9.17) is 0 Å². The number of aromatic nitrogens is 1. The summed E-state index contributed by atoms with van der Waals surface area (Å²) in [4.78, 5) is 23.1. The van der Waals surface area contributed by atoms with Gasteiger partial charge in [0, 0.05) is 55.8 Å². The first-order chi connectivity index (χ1) is 13.7. The average Bonchev–Trinajstić information content (AvgIpc) is 3.31. The Morgan fingerprint density at radius 1 is 1.25 bits per heavy atom. The summed E-state index contributed by atoms with van der Waals surface area (Å²) in [5, 5.41) is 4.31. The van der Waals surface area contributed by atoms with Gasteiger partial charge in [-0.1, -0.05) is 6.07 Å². The molecule has 3 aliphatic rings. The van der Waals surface area contributed by atoms with Gasteiger partial charge in [0.05, 0.1) is 12.1 Å². The second-order valence-corrected chi connectivity index (χ2v) is 9.08. The molecule has 0 aliphatic carbocycles. The average molecular weight is 401 g/mol. The van der Waals surface area contributed by atoms with Gasteiger partial charge < -0.3 is 15.1 Å². The number of hydrogen-bond acceptors (Lipinski definition) is 5. The lowest BCUT2D eigenvalue weighted by molar-refractivity contribution is -0.131. The summed E-state index contributed by atoms with van der Waals surface area (Å²) in [5.41, 5.74) is 3.46. The van der Waals surface area contributed by atoms with Crippen molar-refractivity contribution in [1.82, 2.24) is 15.2 Å². The van der Waals surface area contributed by atoms with Crippen LogP contribution < -0.4 is 10.2 Å². The molecular weight excluding hydrogens is 375 g/mol. The fourth-order valence-electron chi connectivity index (χ4n) is 4.68. The molecule has 1 amide bonds. The van der Waals surface area contributed by atoms with Gasteiger partial charge in [-0.2, -0.15) is 0 Å². The Morgan fingerprint density at radius 2 is 2.11 bits per heavy atom. The van der Waals surface area contributed by atoms with Crippen molar-refractivity contribution in [2.45, 2.75) is 44.7 Å². The van der Waals surface area contributed by atoms with Crippen LogP contribution in [0.4, 0.5) is 10.1 Å². The Hall–Kier alpha value is -1.99. The molecule has 4 heterocycles. The topological polar surface area (TPSA) is 48.5 Å². The Bertz CT molecular complexity index is 867. The monoisotopic (exact) mass is 400 g/mol. The highest BCUT2D eigenvalue weighted by Crippen LogP contribution is 2.33. The van der Waals surface area contributed by atoms with Crippen LogP contribution in [0, 0.1) is 5.82 Å². The molecule has 1 aromatic carbocycles. The van der Waals surface area contributed by atoms with Crippen LogP contribution >= 0.6 is 11.3 Å². The van der Waals surface area contributed by atoms with Crippen LogP contribution in [0.15, 0.2) is 18.2 Å². The van der Waals surface area contributed by atoms with Crippen molar-refractivity contribution in [3.63, 3.8) is 0 Å². The van der Waals surface area contributed by atoms with Gasteiger partial charge in [-0.15, -0.1) is 11.3 Å². The number of thiazole rings is 1. The molecule has 5 nitrogen and oxygen atoms in total. The van der Waals surface area contributed by atoms with Crippen molar-refractivity contribution in [3.05, 3.63) is 45.2 Å². The number of anilines is 1. The smallest absolute Gasteiger partial charge is 0.229 e. The molecule has 0 unspecified atom stereocenters. The number of nitrogens with one attached hydrogen (secondary N) is 1. The quantitative estimate of drug-likeness (QED) is 0.860. The lowest BCUT2D eigenvalue weighted by Crippen LogP contribution is -2.46. The Morgan fingerprint density at radius 3 is 2.93 bits per heavy atom. The van der Waals surface area contributed by atoms with Gasteiger partial charge in [0.2, 0.25) is 5.91 Å². The number of likely N-dealkylation sites (tertiary alicyclic amines) is 1. The zero-order valence-electron chi connectivity index (χ0n) is 15.9. The standard InChI is InChI=1S/C21H25FN4OS/c22-15-2-1-14-4-10-26(18(14)11-15)16-5-8-25(9-6-16)21(27)12-20-24-17-3-7-23-13-19(17)28-20/h1-2,11,16,23H,3-10,12-13H2. The summed E-state index contributed by atoms with van der Waals surface area (Å²) in [6.07, 6.45) is 4.25. The van der Waals surface area contributed by atoms with E-state index in [0.29, 0.717) is 12.5 Å². The minimum atomic E-state index is -0.167. The highest BCUT2D eigenvalue weighted by atomic mass is 32.1. The molecule has 1 fully saturated rings.